The lowest BCUT2D eigenvalue weighted by atomic mass is 9.48. The molecule has 0 aliphatic heterocycles. The summed E-state index contributed by atoms with van der Waals surface area (Å²) in [6.45, 7) is 8.65. The quantitative estimate of drug-likeness (QED) is 0.741. The van der Waals surface area contributed by atoms with E-state index in [0.29, 0.717) is 11.8 Å². The molecule has 2 N–H and O–H groups in total. The van der Waals surface area contributed by atoms with E-state index in [4.69, 9.17) is 0 Å². The summed E-state index contributed by atoms with van der Waals surface area (Å²) in [6.07, 6.45) is 6.45. The number of aliphatic hydroxyl groups excluding tert-OH is 1. The van der Waals surface area contributed by atoms with E-state index < -0.39 is 11.4 Å². The lowest BCUT2D eigenvalue weighted by molar-refractivity contribution is -0.159. The maximum atomic E-state index is 12.0. The minimum absolute atomic E-state index is 0.0259. The fourth-order valence-corrected chi connectivity index (χ4v) is 6.14. The number of carboxylic acid groups (broad SMARTS) is 1. The first kappa shape index (κ1) is 17.0. The van der Waals surface area contributed by atoms with Crippen LogP contribution >= 0.6 is 0 Å². The Morgan fingerprint density at radius 1 is 1.17 bits per heavy atom. The molecule has 3 aliphatic rings. The molecule has 130 valence electrons. The Hall–Kier alpha value is -0.830. The summed E-state index contributed by atoms with van der Waals surface area (Å²) in [5.74, 6) is 0.445. The van der Waals surface area contributed by atoms with Crippen molar-refractivity contribution in [3.63, 3.8) is 0 Å². The van der Waals surface area contributed by atoms with Gasteiger partial charge in [0, 0.05) is 0 Å². The Morgan fingerprint density at radius 3 is 2.48 bits per heavy atom. The van der Waals surface area contributed by atoms with Crippen LogP contribution in [0.15, 0.2) is 11.1 Å². The van der Waals surface area contributed by atoms with Gasteiger partial charge in [-0.25, -0.2) is 0 Å². The number of hydrogen-bond donors (Lipinski definition) is 2. The number of hydrogen-bond acceptors (Lipinski definition) is 2. The number of carboxylic acids is 1. The molecule has 5 unspecified atom stereocenters. The smallest absolute Gasteiger partial charge is 0.309 e. The number of rotatable bonds is 2. The van der Waals surface area contributed by atoms with Gasteiger partial charge in [-0.2, -0.15) is 0 Å². The van der Waals surface area contributed by atoms with Crippen LogP contribution in [0.2, 0.25) is 0 Å². The molecule has 0 amide bonds. The highest BCUT2D eigenvalue weighted by Crippen LogP contribution is 2.62. The highest BCUT2D eigenvalue weighted by atomic mass is 16.4. The number of fused-ring (bicyclic) bond motifs is 2. The third kappa shape index (κ3) is 2.38. The third-order valence-corrected chi connectivity index (χ3v) is 7.54. The molecule has 23 heavy (non-hydrogen) atoms. The molecule has 3 heteroatoms. The molecule has 0 bridgehead atoms. The number of aliphatic hydroxyl groups is 1. The van der Waals surface area contributed by atoms with Crippen LogP contribution in [-0.4, -0.2) is 22.3 Å². The van der Waals surface area contributed by atoms with Crippen molar-refractivity contribution in [3.8, 4) is 0 Å². The highest BCUT2D eigenvalue weighted by molar-refractivity contribution is 5.75. The summed E-state index contributed by atoms with van der Waals surface area (Å²) in [5, 5.41) is 20.8. The molecule has 1 saturated carbocycles. The normalized spacial score (nSPS) is 44.0. The van der Waals surface area contributed by atoms with E-state index in [2.05, 4.69) is 20.8 Å². The van der Waals surface area contributed by atoms with Crippen molar-refractivity contribution in [1.82, 2.24) is 0 Å². The van der Waals surface area contributed by atoms with Crippen molar-refractivity contribution in [2.24, 2.45) is 28.6 Å². The molecule has 0 spiro atoms. The van der Waals surface area contributed by atoms with Gasteiger partial charge in [0.1, 0.15) is 0 Å². The first-order valence-corrected chi connectivity index (χ1v) is 9.35. The summed E-state index contributed by atoms with van der Waals surface area (Å²) in [7, 11) is 0. The Bertz CT molecular complexity index is 535. The zero-order valence-corrected chi connectivity index (χ0v) is 15.1. The fraction of sp³-hybridized carbons (Fsp3) is 0.850. The topological polar surface area (TPSA) is 57.5 Å². The molecule has 5 atom stereocenters. The van der Waals surface area contributed by atoms with E-state index in [-0.39, 0.29) is 17.4 Å². The second-order valence-electron chi connectivity index (χ2n) is 8.98. The standard InChI is InChI=1S/C20H32O3/c1-12(2)13-6-8-15-14(17(13)21)7-9-16-19(15,3)10-5-11-20(16,4)18(22)23/h12-13,16-17,21H,5-11H2,1-4H3,(H,22,23). The summed E-state index contributed by atoms with van der Waals surface area (Å²) >= 11 is 0. The second kappa shape index (κ2) is 5.61. The van der Waals surface area contributed by atoms with Crippen LogP contribution in [-0.2, 0) is 4.79 Å². The number of carbonyl (C=O) groups is 1. The van der Waals surface area contributed by atoms with E-state index in [0.717, 1.165) is 44.9 Å². The Labute approximate surface area is 140 Å². The van der Waals surface area contributed by atoms with Crippen molar-refractivity contribution in [2.75, 3.05) is 0 Å². The molecule has 0 aromatic rings. The summed E-state index contributed by atoms with van der Waals surface area (Å²) in [4.78, 5) is 12.0. The van der Waals surface area contributed by atoms with Crippen LogP contribution in [0.3, 0.4) is 0 Å². The number of aliphatic carboxylic acids is 1. The van der Waals surface area contributed by atoms with Gasteiger partial charge >= 0.3 is 5.97 Å². The van der Waals surface area contributed by atoms with Gasteiger partial charge in [-0.05, 0) is 74.2 Å². The van der Waals surface area contributed by atoms with Crippen LogP contribution in [0, 0.1) is 28.6 Å². The second-order valence-corrected chi connectivity index (χ2v) is 8.98. The predicted molar refractivity (Wildman–Crippen MR) is 91.0 cm³/mol. The Kier molecular flexibility index (Phi) is 4.15. The van der Waals surface area contributed by atoms with Gasteiger partial charge in [-0.1, -0.05) is 32.8 Å². The predicted octanol–water partition coefficient (Wildman–Crippen LogP) is 4.40. The van der Waals surface area contributed by atoms with E-state index >= 15 is 0 Å². The van der Waals surface area contributed by atoms with Gasteiger partial charge in [0.25, 0.3) is 0 Å². The SMILES string of the molecule is CC(C)C1CCC2=C(CCC3C(C)(C(=O)O)CCCC23C)C1O. The van der Waals surface area contributed by atoms with E-state index in [1.54, 1.807) is 0 Å². The molecule has 0 saturated heterocycles. The maximum Gasteiger partial charge on any atom is 0.309 e. The first-order valence-electron chi connectivity index (χ1n) is 9.35. The largest absolute Gasteiger partial charge is 0.481 e. The molecule has 0 radical (unpaired) electrons. The van der Waals surface area contributed by atoms with Gasteiger partial charge < -0.3 is 10.2 Å². The van der Waals surface area contributed by atoms with Gasteiger partial charge in [0.05, 0.1) is 11.5 Å². The minimum Gasteiger partial charge on any atom is -0.481 e. The van der Waals surface area contributed by atoms with Crippen LogP contribution < -0.4 is 0 Å². The minimum atomic E-state index is -0.631. The molecule has 3 rings (SSSR count). The average Bonchev–Trinajstić information content (AvgIpc) is 2.47. The lowest BCUT2D eigenvalue weighted by Gasteiger charge is -2.56. The van der Waals surface area contributed by atoms with Gasteiger partial charge in [-0.3, -0.25) is 4.79 Å². The first-order chi connectivity index (χ1) is 10.7. The van der Waals surface area contributed by atoms with Gasteiger partial charge in [-0.15, -0.1) is 0 Å². The molecule has 0 heterocycles. The van der Waals surface area contributed by atoms with Crippen LogP contribution in [0.4, 0.5) is 0 Å². The molecule has 0 aromatic heterocycles. The van der Waals surface area contributed by atoms with Crippen molar-refractivity contribution in [3.05, 3.63) is 11.1 Å². The zero-order valence-electron chi connectivity index (χ0n) is 15.1. The zero-order chi connectivity index (χ0) is 17.0. The molecular weight excluding hydrogens is 288 g/mol. The van der Waals surface area contributed by atoms with E-state index in [9.17, 15) is 15.0 Å². The van der Waals surface area contributed by atoms with Crippen molar-refractivity contribution in [1.29, 1.82) is 0 Å². The Morgan fingerprint density at radius 2 is 1.87 bits per heavy atom. The van der Waals surface area contributed by atoms with Gasteiger partial charge in [0.2, 0.25) is 0 Å². The van der Waals surface area contributed by atoms with Crippen LogP contribution in [0.25, 0.3) is 0 Å². The molecular formula is C20H32O3. The summed E-state index contributed by atoms with van der Waals surface area (Å²) < 4.78 is 0. The van der Waals surface area contributed by atoms with Crippen molar-refractivity contribution >= 4 is 5.97 Å². The van der Waals surface area contributed by atoms with Crippen LogP contribution in [0.1, 0.15) is 72.6 Å². The van der Waals surface area contributed by atoms with Crippen LogP contribution in [0.5, 0.6) is 0 Å². The summed E-state index contributed by atoms with van der Waals surface area (Å²) in [6, 6.07) is 0. The molecule has 3 aliphatic carbocycles. The average molecular weight is 320 g/mol. The molecule has 0 aromatic carbocycles. The number of allylic oxidation sites excluding steroid dienone is 1. The highest BCUT2D eigenvalue weighted by Gasteiger charge is 2.57. The maximum absolute atomic E-state index is 12.0. The fourth-order valence-electron chi connectivity index (χ4n) is 6.14. The van der Waals surface area contributed by atoms with Crippen molar-refractivity contribution in [2.45, 2.75) is 78.7 Å². The monoisotopic (exact) mass is 320 g/mol. The molecule has 1 fully saturated rings. The Balaban J connectivity index is 2.01. The van der Waals surface area contributed by atoms with Gasteiger partial charge in [0.15, 0.2) is 0 Å². The summed E-state index contributed by atoms with van der Waals surface area (Å²) in [5.41, 5.74) is 2.06. The van der Waals surface area contributed by atoms with Crippen molar-refractivity contribution < 1.29 is 15.0 Å². The molecule has 3 nitrogen and oxygen atoms in total. The van der Waals surface area contributed by atoms with E-state index in [1.165, 1.54) is 11.1 Å². The lowest BCUT2D eigenvalue weighted by Crippen LogP contribution is -2.52. The van der Waals surface area contributed by atoms with E-state index in [1.807, 2.05) is 6.92 Å². The third-order valence-electron chi connectivity index (χ3n) is 7.54.